The van der Waals surface area contributed by atoms with Crippen LogP contribution in [0, 0.1) is 5.92 Å². The van der Waals surface area contributed by atoms with Gasteiger partial charge in [-0.25, -0.2) is 8.42 Å². The molecule has 1 aromatic rings. The molecular weight excluding hydrogens is 378 g/mol. The molecule has 3 aliphatic rings. The number of nitrogens with zero attached hydrogens (tertiary/aromatic N) is 3. The Balaban J connectivity index is 1.45. The summed E-state index contributed by atoms with van der Waals surface area (Å²) in [5.41, 5.74) is 0.755. The number of benzene rings is 1. The Labute approximate surface area is 166 Å². The first kappa shape index (κ1) is 19.4. The van der Waals surface area contributed by atoms with Crippen molar-refractivity contribution in [3.8, 4) is 0 Å². The second-order valence-corrected chi connectivity index (χ2v) is 9.90. The van der Waals surface area contributed by atoms with Crippen molar-refractivity contribution < 1.29 is 18.0 Å². The average Bonchev–Trinajstić information content (AvgIpc) is 3.30. The molecule has 0 bridgehead atoms. The third-order valence-corrected chi connectivity index (χ3v) is 7.87. The van der Waals surface area contributed by atoms with Gasteiger partial charge in [-0.3, -0.25) is 9.59 Å². The summed E-state index contributed by atoms with van der Waals surface area (Å²) >= 11 is 0. The zero-order chi connectivity index (χ0) is 19.7. The molecule has 4 rings (SSSR count). The molecule has 1 unspecified atom stereocenters. The molecule has 7 nitrogen and oxygen atoms in total. The maximum absolute atomic E-state index is 13.1. The number of anilines is 1. The molecule has 2 amide bonds. The van der Waals surface area contributed by atoms with Crippen LogP contribution in [0.5, 0.6) is 0 Å². The topological polar surface area (TPSA) is 78.0 Å². The fourth-order valence-corrected chi connectivity index (χ4v) is 6.03. The van der Waals surface area contributed by atoms with Crippen LogP contribution in [-0.2, 0) is 19.6 Å². The van der Waals surface area contributed by atoms with Gasteiger partial charge in [0, 0.05) is 51.3 Å². The third kappa shape index (κ3) is 3.80. The Bertz CT molecular complexity index is 853. The van der Waals surface area contributed by atoms with Crippen molar-refractivity contribution in [2.75, 3.05) is 37.6 Å². The van der Waals surface area contributed by atoms with Gasteiger partial charge in [0.05, 0.1) is 4.90 Å². The molecular formula is C20H27N3O4S. The number of piperidine rings is 1. The summed E-state index contributed by atoms with van der Waals surface area (Å²) in [5.74, 6) is 0.463. The van der Waals surface area contributed by atoms with E-state index in [1.165, 1.54) is 0 Å². The van der Waals surface area contributed by atoms with Crippen molar-refractivity contribution in [2.24, 2.45) is 5.92 Å². The summed E-state index contributed by atoms with van der Waals surface area (Å²) in [5, 5.41) is 0. The smallest absolute Gasteiger partial charge is 0.243 e. The van der Waals surface area contributed by atoms with Crippen molar-refractivity contribution in [1.29, 1.82) is 0 Å². The summed E-state index contributed by atoms with van der Waals surface area (Å²) in [6.45, 7) is 3.10. The number of carbonyl (C=O) groups excluding carboxylic acids is 2. The van der Waals surface area contributed by atoms with E-state index in [9.17, 15) is 18.0 Å². The molecule has 3 saturated heterocycles. The van der Waals surface area contributed by atoms with Crippen LogP contribution in [0.25, 0.3) is 0 Å². The van der Waals surface area contributed by atoms with Crippen molar-refractivity contribution in [3.05, 3.63) is 24.3 Å². The molecule has 152 valence electrons. The van der Waals surface area contributed by atoms with E-state index in [2.05, 4.69) is 0 Å². The minimum Gasteiger partial charge on any atom is -0.342 e. The van der Waals surface area contributed by atoms with Crippen LogP contribution in [0.3, 0.4) is 0 Å². The van der Waals surface area contributed by atoms with E-state index in [0.29, 0.717) is 39.0 Å². The summed E-state index contributed by atoms with van der Waals surface area (Å²) < 4.78 is 27.7. The minimum atomic E-state index is -3.57. The normalized spacial score (nSPS) is 24.4. The number of carbonyl (C=O) groups is 2. The highest BCUT2D eigenvalue weighted by Crippen LogP contribution is 2.28. The SMILES string of the molecule is O=C1CCCN1CC1CCCN(S(=O)(=O)c2ccc(N3CCCC3=O)cc2)C1. The zero-order valence-corrected chi connectivity index (χ0v) is 16.9. The van der Waals surface area contributed by atoms with E-state index in [4.69, 9.17) is 0 Å². The fraction of sp³-hybridized carbons (Fsp3) is 0.600. The predicted octanol–water partition coefficient (Wildman–Crippen LogP) is 1.84. The Kier molecular flexibility index (Phi) is 5.42. The molecule has 0 radical (unpaired) electrons. The number of sulfonamides is 1. The lowest BCUT2D eigenvalue weighted by Gasteiger charge is -2.34. The van der Waals surface area contributed by atoms with E-state index in [1.54, 1.807) is 33.5 Å². The molecule has 0 saturated carbocycles. The number of hydrogen-bond donors (Lipinski definition) is 0. The van der Waals surface area contributed by atoms with Crippen LogP contribution < -0.4 is 4.90 Å². The molecule has 0 aromatic heterocycles. The molecule has 8 heteroatoms. The van der Waals surface area contributed by atoms with Crippen molar-refractivity contribution >= 4 is 27.5 Å². The van der Waals surface area contributed by atoms with Gasteiger partial charge in [-0.1, -0.05) is 0 Å². The lowest BCUT2D eigenvalue weighted by molar-refractivity contribution is -0.128. The Morgan fingerprint density at radius 3 is 2.25 bits per heavy atom. The van der Waals surface area contributed by atoms with E-state index < -0.39 is 10.0 Å². The highest BCUT2D eigenvalue weighted by molar-refractivity contribution is 7.89. The van der Waals surface area contributed by atoms with Gasteiger partial charge in [0.25, 0.3) is 0 Å². The first-order valence-corrected chi connectivity index (χ1v) is 11.6. The molecule has 0 N–H and O–H groups in total. The molecule has 1 atom stereocenters. The summed E-state index contributed by atoms with van der Waals surface area (Å²) in [6, 6.07) is 6.65. The lowest BCUT2D eigenvalue weighted by Crippen LogP contribution is -2.44. The van der Waals surface area contributed by atoms with Crippen molar-refractivity contribution in [1.82, 2.24) is 9.21 Å². The second kappa shape index (κ2) is 7.83. The molecule has 1 aromatic carbocycles. The average molecular weight is 406 g/mol. The Morgan fingerprint density at radius 1 is 0.893 bits per heavy atom. The van der Waals surface area contributed by atoms with Crippen LogP contribution in [0.15, 0.2) is 29.2 Å². The summed E-state index contributed by atoms with van der Waals surface area (Å²) in [7, 11) is -3.57. The second-order valence-electron chi connectivity index (χ2n) is 7.96. The first-order chi connectivity index (χ1) is 13.4. The van der Waals surface area contributed by atoms with Crippen LogP contribution >= 0.6 is 0 Å². The number of likely N-dealkylation sites (tertiary alicyclic amines) is 1. The monoisotopic (exact) mass is 405 g/mol. The number of rotatable bonds is 5. The van der Waals surface area contributed by atoms with Gasteiger partial charge in [-0.05, 0) is 55.9 Å². The third-order valence-electron chi connectivity index (χ3n) is 5.99. The van der Waals surface area contributed by atoms with Crippen LogP contribution in [0.1, 0.15) is 38.5 Å². The van der Waals surface area contributed by atoms with Gasteiger partial charge in [-0.2, -0.15) is 4.31 Å². The molecule has 0 aliphatic carbocycles. The van der Waals surface area contributed by atoms with Gasteiger partial charge < -0.3 is 9.80 Å². The van der Waals surface area contributed by atoms with Gasteiger partial charge in [0.2, 0.25) is 21.8 Å². The largest absolute Gasteiger partial charge is 0.342 e. The minimum absolute atomic E-state index is 0.0888. The highest BCUT2D eigenvalue weighted by Gasteiger charge is 2.33. The van der Waals surface area contributed by atoms with Gasteiger partial charge in [0.1, 0.15) is 0 Å². The molecule has 3 fully saturated rings. The maximum atomic E-state index is 13.1. The van der Waals surface area contributed by atoms with Crippen LogP contribution in [0.2, 0.25) is 0 Å². The van der Waals surface area contributed by atoms with Gasteiger partial charge >= 0.3 is 0 Å². The highest BCUT2D eigenvalue weighted by atomic mass is 32.2. The van der Waals surface area contributed by atoms with E-state index in [1.807, 2.05) is 4.90 Å². The predicted molar refractivity (Wildman–Crippen MR) is 105 cm³/mol. The molecule has 3 aliphatic heterocycles. The Hall–Kier alpha value is -1.93. The number of amides is 2. The molecule has 28 heavy (non-hydrogen) atoms. The molecule has 0 spiro atoms. The maximum Gasteiger partial charge on any atom is 0.243 e. The lowest BCUT2D eigenvalue weighted by atomic mass is 9.99. The molecule has 3 heterocycles. The standard InChI is InChI=1S/C20H27N3O4S/c24-19-5-2-11-21(19)14-16-4-1-12-22(15-16)28(26,27)18-9-7-17(8-10-18)23-13-3-6-20(23)25/h7-10,16H,1-6,11-15H2. The van der Waals surface area contributed by atoms with Crippen LogP contribution in [0.4, 0.5) is 5.69 Å². The fourth-order valence-electron chi connectivity index (χ4n) is 4.47. The quantitative estimate of drug-likeness (QED) is 0.749. The van der Waals surface area contributed by atoms with E-state index in [-0.39, 0.29) is 22.6 Å². The van der Waals surface area contributed by atoms with Gasteiger partial charge in [0.15, 0.2) is 0 Å². The van der Waals surface area contributed by atoms with Crippen LogP contribution in [-0.4, -0.2) is 62.2 Å². The first-order valence-electron chi connectivity index (χ1n) is 10.1. The number of hydrogen-bond acceptors (Lipinski definition) is 4. The van der Waals surface area contributed by atoms with Crippen molar-refractivity contribution in [2.45, 2.75) is 43.4 Å². The summed E-state index contributed by atoms with van der Waals surface area (Å²) in [4.78, 5) is 27.6. The van der Waals surface area contributed by atoms with E-state index >= 15 is 0 Å². The summed E-state index contributed by atoms with van der Waals surface area (Å²) in [6.07, 6.45) is 4.67. The van der Waals surface area contributed by atoms with Gasteiger partial charge in [-0.15, -0.1) is 0 Å². The van der Waals surface area contributed by atoms with E-state index in [0.717, 1.165) is 37.9 Å². The Morgan fingerprint density at radius 2 is 1.61 bits per heavy atom. The van der Waals surface area contributed by atoms with Crippen molar-refractivity contribution in [3.63, 3.8) is 0 Å². The zero-order valence-electron chi connectivity index (χ0n) is 16.0.